The smallest absolute Gasteiger partial charge is 0.192 e. The van der Waals surface area contributed by atoms with Crippen molar-refractivity contribution in [2.24, 2.45) is 0 Å². The lowest BCUT2D eigenvalue weighted by Crippen LogP contribution is -1.87. The zero-order chi connectivity index (χ0) is 13.4. The Kier molecular flexibility index (Phi) is 2.75. The van der Waals surface area contributed by atoms with Crippen LogP contribution in [0.5, 0.6) is 5.75 Å². The van der Waals surface area contributed by atoms with Gasteiger partial charge >= 0.3 is 0 Å². The Balaban J connectivity index is 1.98. The second-order valence-electron chi connectivity index (χ2n) is 3.88. The van der Waals surface area contributed by atoms with Crippen molar-refractivity contribution >= 4 is 21.6 Å². The summed E-state index contributed by atoms with van der Waals surface area (Å²) in [6, 6.07) is 8.36. The van der Waals surface area contributed by atoms with Crippen LogP contribution in [0.1, 0.15) is 0 Å². The van der Waals surface area contributed by atoms with Crippen LogP contribution in [0.4, 0.5) is 5.69 Å². The summed E-state index contributed by atoms with van der Waals surface area (Å²) >= 11 is 3.23. The second-order valence-corrected chi connectivity index (χ2v) is 4.67. The number of halogens is 1. The number of phenols is 1. The van der Waals surface area contributed by atoms with E-state index in [1.54, 1.807) is 24.3 Å². The Hall–Kier alpha value is -2.28. The van der Waals surface area contributed by atoms with Gasteiger partial charge in [0.05, 0.1) is 5.69 Å². The molecule has 2 heterocycles. The molecular formula is C12H9BrN4O2. The van der Waals surface area contributed by atoms with E-state index in [-0.39, 0.29) is 11.4 Å². The number of aromatic amines is 1. The van der Waals surface area contributed by atoms with Crippen LogP contribution >= 0.6 is 15.9 Å². The lowest BCUT2D eigenvalue weighted by Gasteiger charge is -1.99. The molecule has 0 saturated carbocycles. The third kappa shape index (κ3) is 2.19. The molecule has 96 valence electrons. The number of benzene rings is 1. The van der Waals surface area contributed by atoms with Gasteiger partial charge in [-0.25, -0.2) is 4.98 Å². The van der Waals surface area contributed by atoms with Crippen molar-refractivity contribution in [2.45, 2.75) is 0 Å². The minimum absolute atomic E-state index is 0.0366. The van der Waals surface area contributed by atoms with E-state index in [2.05, 4.69) is 31.1 Å². The molecule has 0 bridgehead atoms. The van der Waals surface area contributed by atoms with Crippen molar-refractivity contribution in [3.63, 3.8) is 0 Å². The van der Waals surface area contributed by atoms with Gasteiger partial charge in [0.1, 0.15) is 5.75 Å². The number of nitrogens with zero attached hydrogens (tertiary/aromatic N) is 2. The van der Waals surface area contributed by atoms with E-state index in [4.69, 9.17) is 10.2 Å². The van der Waals surface area contributed by atoms with Gasteiger partial charge in [-0.15, -0.1) is 0 Å². The normalized spacial score (nSPS) is 10.8. The molecule has 19 heavy (non-hydrogen) atoms. The highest BCUT2D eigenvalue weighted by molar-refractivity contribution is 9.10. The van der Waals surface area contributed by atoms with E-state index in [0.29, 0.717) is 27.6 Å². The first kappa shape index (κ1) is 11.8. The van der Waals surface area contributed by atoms with E-state index >= 15 is 0 Å². The fourth-order valence-electron chi connectivity index (χ4n) is 1.64. The van der Waals surface area contributed by atoms with Crippen LogP contribution in [0.2, 0.25) is 0 Å². The summed E-state index contributed by atoms with van der Waals surface area (Å²) < 4.78 is 6.00. The van der Waals surface area contributed by atoms with Crippen LogP contribution in [-0.2, 0) is 0 Å². The third-order valence-corrected chi connectivity index (χ3v) is 3.00. The first-order chi connectivity index (χ1) is 9.13. The van der Waals surface area contributed by atoms with Gasteiger partial charge in [-0.3, -0.25) is 5.10 Å². The molecule has 0 fully saturated rings. The van der Waals surface area contributed by atoms with E-state index in [9.17, 15) is 5.11 Å². The number of hydrogen-bond acceptors (Lipinski definition) is 5. The van der Waals surface area contributed by atoms with Gasteiger partial charge in [0, 0.05) is 5.56 Å². The number of nitrogens with one attached hydrogen (secondary N) is 1. The van der Waals surface area contributed by atoms with Gasteiger partial charge in [-0.05, 0) is 46.3 Å². The average molecular weight is 321 g/mol. The molecule has 0 unspecified atom stereocenters. The largest absolute Gasteiger partial charge is 0.506 e. The van der Waals surface area contributed by atoms with Crippen LogP contribution in [0.25, 0.3) is 23.0 Å². The molecule has 0 spiro atoms. The maximum Gasteiger partial charge on any atom is 0.192 e. The van der Waals surface area contributed by atoms with Crippen LogP contribution in [0, 0.1) is 0 Å². The average Bonchev–Trinajstić information content (AvgIpc) is 3.01. The third-order valence-electron chi connectivity index (χ3n) is 2.58. The zero-order valence-corrected chi connectivity index (χ0v) is 11.2. The maximum atomic E-state index is 9.38. The lowest BCUT2D eigenvalue weighted by atomic mass is 10.2. The van der Waals surface area contributed by atoms with E-state index in [1.807, 2.05) is 0 Å². The number of nitrogen functional groups attached to an aromatic ring is 1. The molecule has 0 aliphatic heterocycles. The zero-order valence-electron chi connectivity index (χ0n) is 9.59. The number of rotatable bonds is 2. The van der Waals surface area contributed by atoms with Crippen molar-refractivity contribution in [2.75, 3.05) is 5.73 Å². The molecule has 0 atom stereocenters. The van der Waals surface area contributed by atoms with Crippen LogP contribution in [0.15, 0.2) is 39.4 Å². The van der Waals surface area contributed by atoms with E-state index < -0.39 is 0 Å². The standard InChI is InChI=1S/C12H9BrN4O2/c13-10-4-3-9(19-10)12-15-11(16-17-12)6-1-2-8(18)7(14)5-6/h1-5,18H,14H2,(H,15,16,17). The first-order valence-corrected chi connectivity index (χ1v) is 6.20. The number of aromatic hydroxyl groups is 1. The molecule has 4 N–H and O–H groups in total. The molecule has 3 rings (SSSR count). The Morgan fingerprint density at radius 2 is 2.11 bits per heavy atom. The Morgan fingerprint density at radius 3 is 2.79 bits per heavy atom. The summed E-state index contributed by atoms with van der Waals surface area (Å²) in [5.74, 6) is 1.62. The second kappa shape index (κ2) is 4.43. The maximum absolute atomic E-state index is 9.38. The summed E-state index contributed by atoms with van der Waals surface area (Å²) in [6.07, 6.45) is 0. The van der Waals surface area contributed by atoms with Crippen LogP contribution in [0.3, 0.4) is 0 Å². The molecule has 0 radical (unpaired) electrons. The molecular weight excluding hydrogens is 312 g/mol. The van der Waals surface area contributed by atoms with Gasteiger partial charge in [0.25, 0.3) is 0 Å². The van der Waals surface area contributed by atoms with Gasteiger partial charge in [0.15, 0.2) is 22.1 Å². The molecule has 7 heteroatoms. The summed E-state index contributed by atoms with van der Waals surface area (Å²) in [5.41, 5.74) is 6.63. The monoisotopic (exact) mass is 320 g/mol. The predicted molar refractivity (Wildman–Crippen MR) is 73.3 cm³/mol. The molecule has 3 aromatic rings. The fraction of sp³-hybridized carbons (Fsp3) is 0. The SMILES string of the molecule is Nc1cc(-c2n[nH]c(-c3ccc(Br)o3)n2)ccc1O. The van der Waals surface area contributed by atoms with E-state index in [0.717, 1.165) is 0 Å². The lowest BCUT2D eigenvalue weighted by molar-refractivity contribution is 0.478. The molecule has 0 saturated heterocycles. The highest BCUT2D eigenvalue weighted by Crippen LogP contribution is 2.27. The van der Waals surface area contributed by atoms with Gasteiger partial charge in [0.2, 0.25) is 0 Å². The van der Waals surface area contributed by atoms with Crippen LogP contribution in [-0.4, -0.2) is 20.3 Å². The van der Waals surface area contributed by atoms with Gasteiger partial charge < -0.3 is 15.3 Å². The number of H-pyrrole nitrogens is 1. The summed E-state index contributed by atoms with van der Waals surface area (Å²) in [4.78, 5) is 4.32. The summed E-state index contributed by atoms with van der Waals surface area (Å²) in [6.45, 7) is 0. The summed E-state index contributed by atoms with van der Waals surface area (Å²) in [7, 11) is 0. The molecule has 0 aliphatic carbocycles. The number of anilines is 1. The predicted octanol–water partition coefficient (Wildman–Crippen LogP) is 2.78. The Labute approximate surface area is 116 Å². The van der Waals surface area contributed by atoms with Gasteiger partial charge in [-0.2, -0.15) is 5.10 Å². The van der Waals surface area contributed by atoms with Crippen molar-refractivity contribution in [3.8, 4) is 28.7 Å². The van der Waals surface area contributed by atoms with Crippen molar-refractivity contribution in [3.05, 3.63) is 35.0 Å². The van der Waals surface area contributed by atoms with Crippen LogP contribution < -0.4 is 5.73 Å². The minimum atomic E-state index is 0.0366. The minimum Gasteiger partial charge on any atom is -0.506 e. The Bertz CT molecular complexity index is 735. The number of phenolic OH excluding ortho intramolecular Hbond substituents is 1. The quantitative estimate of drug-likeness (QED) is 0.498. The topological polar surface area (TPSA) is 101 Å². The molecule has 6 nitrogen and oxygen atoms in total. The first-order valence-electron chi connectivity index (χ1n) is 5.40. The highest BCUT2D eigenvalue weighted by atomic mass is 79.9. The Morgan fingerprint density at radius 1 is 1.26 bits per heavy atom. The fourth-order valence-corrected chi connectivity index (χ4v) is 1.94. The number of aromatic nitrogens is 3. The number of furan rings is 1. The summed E-state index contributed by atoms with van der Waals surface area (Å²) in [5, 5.41) is 16.3. The molecule has 1 aromatic carbocycles. The van der Waals surface area contributed by atoms with Crippen molar-refractivity contribution in [1.29, 1.82) is 0 Å². The highest BCUT2D eigenvalue weighted by Gasteiger charge is 2.11. The molecule has 0 aliphatic rings. The molecule has 0 amide bonds. The molecule has 2 aromatic heterocycles. The van der Waals surface area contributed by atoms with E-state index in [1.165, 1.54) is 6.07 Å². The number of nitrogens with two attached hydrogens (primary N) is 1. The number of hydrogen-bond donors (Lipinski definition) is 3. The van der Waals surface area contributed by atoms with Crippen molar-refractivity contribution < 1.29 is 9.52 Å². The van der Waals surface area contributed by atoms with Crippen molar-refractivity contribution in [1.82, 2.24) is 15.2 Å². The van der Waals surface area contributed by atoms with Gasteiger partial charge in [-0.1, -0.05) is 0 Å².